The molecule has 1 saturated carbocycles. The Morgan fingerprint density at radius 2 is 2.12 bits per heavy atom. The van der Waals surface area contributed by atoms with Crippen LogP contribution in [0.15, 0.2) is 23.1 Å². The molecule has 0 aromatic heterocycles. The zero-order valence-electron chi connectivity index (χ0n) is 8.48. The fourth-order valence-corrected chi connectivity index (χ4v) is 3.54. The Bertz CT molecular complexity index is 540. The number of rotatable bonds is 1. The summed E-state index contributed by atoms with van der Waals surface area (Å²) in [6.07, 6.45) is 2.21. The minimum Gasteiger partial charge on any atom is -0.352 e. The molecule has 4 nitrogen and oxygen atoms in total. The lowest BCUT2D eigenvalue weighted by atomic mass is 10.3. The van der Waals surface area contributed by atoms with E-state index < -0.39 is 10.0 Å². The SMILES string of the molecule is O=S1(=O)NCN(C2CC2)c2c(Cl)cccc21. The first-order chi connectivity index (χ1) is 7.59. The number of fused-ring (bicyclic) bond motifs is 1. The zero-order chi connectivity index (χ0) is 11.3. The van der Waals surface area contributed by atoms with Gasteiger partial charge in [0.1, 0.15) is 4.90 Å². The van der Waals surface area contributed by atoms with Gasteiger partial charge in [-0.1, -0.05) is 17.7 Å². The molecular weight excluding hydrogens is 248 g/mol. The zero-order valence-corrected chi connectivity index (χ0v) is 10.1. The van der Waals surface area contributed by atoms with Crippen LogP contribution in [0.3, 0.4) is 0 Å². The molecule has 6 heteroatoms. The van der Waals surface area contributed by atoms with Crippen LogP contribution < -0.4 is 9.62 Å². The molecule has 1 N–H and O–H groups in total. The molecule has 2 aliphatic rings. The van der Waals surface area contributed by atoms with E-state index in [2.05, 4.69) is 4.72 Å². The first-order valence-electron chi connectivity index (χ1n) is 5.14. The van der Waals surface area contributed by atoms with Crippen LogP contribution in [0.4, 0.5) is 5.69 Å². The van der Waals surface area contributed by atoms with Crippen molar-refractivity contribution in [3.8, 4) is 0 Å². The molecule has 1 heterocycles. The highest BCUT2D eigenvalue weighted by molar-refractivity contribution is 7.89. The molecule has 0 bridgehead atoms. The Kier molecular flexibility index (Phi) is 2.18. The van der Waals surface area contributed by atoms with E-state index in [0.717, 1.165) is 12.8 Å². The van der Waals surface area contributed by atoms with Gasteiger partial charge in [-0.3, -0.25) is 0 Å². The van der Waals surface area contributed by atoms with Crippen molar-refractivity contribution < 1.29 is 8.42 Å². The van der Waals surface area contributed by atoms with Crippen LogP contribution >= 0.6 is 11.6 Å². The number of sulfonamides is 1. The number of halogens is 1. The fraction of sp³-hybridized carbons (Fsp3) is 0.400. The van der Waals surface area contributed by atoms with Gasteiger partial charge in [0.2, 0.25) is 10.0 Å². The molecular formula is C10H11ClN2O2S. The van der Waals surface area contributed by atoms with Gasteiger partial charge in [-0.2, -0.15) is 4.72 Å². The second-order valence-corrected chi connectivity index (χ2v) is 6.24. The van der Waals surface area contributed by atoms with Crippen molar-refractivity contribution in [2.75, 3.05) is 11.6 Å². The number of hydrogen-bond acceptors (Lipinski definition) is 3. The fourth-order valence-electron chi connectivity index (χ4n) is 2.00. The molecule has 1 aromatic carbocycles. The molecule has 0 amide bonds. The molecule has 16 heavy (non-hydrogen) atoms. The Morgan fingerprint density at radius 3 is 2.81 bits per heavy atom. The van der Waals surface area contributed by atoms with Crippen molar-refractivity contribution in [1.82, 2.24) is 4.72 Å². The number of benzene rings is 1. The Labute approximate surface area is 99.3 Å². The second-order valence-electron chi connectivity index (χ2n) is 4.09. The van der Waals surface area contributed by atoms with Crippen molar-refractivity contribution >= 4 is 27.3 Å². The summed E-state index contributed by atoms with van der Waals surface area (Å²) in [5, 5.41) is 0.509. The van der Waals surface area contributed by atoms with Gasteiger partial charge in [0.15, 0.2) is 0 Å². The first-order valence-corrected chi connectivity index (χ1v) is 7.00. The van der Waals surface area contributed by atoms with E-state index >= 15 is 0 Å². The lowest BCUT2D eigenvalue weighted by molar-refractivity contribution is 0.570. The van der Waals surface area contributed by atoms with E-state index in [1.165, 1.54) is 0 Å². The van der Waals surface area contributed by atoms with Gasteiger partial charge in [0.05, 0.1) is 17.4 Å². The maximum atomic E-state index is 11.8. The monoisotopic (exact) mass is 258 g/mol. The van der Waals surface area contributed by atoms with E-state index in [0.29, 0.717) is 23.4 Å². The molecule has 1 aliphatic heterocycles. The highest BCUT2D eigenvalue weighted by Crippen LogP contribution is 2.41. The summed E-state index contributed by atoms with van der Waals surface area (Å²) in [7, 11) is -3.38. The van der Waals surface area contributed by atoms with E-state index in [4.69, 9.17) is 11.6 Å². The number of anilines is 1. The van der Waals surface area contributed by atoms with Gasteiger partial charge in [-0.15, -0.1) is 0 Å². The Balaban J connectivity index is 2.21. The van der Waals surface area contributed by atoms with E-state index in [-0.39, 0.29) is 4.90 Å². The van der Waals surface area contributed by atoms with Gasteiger partial charge in [-0.25, -0.2) is 8.42 Å². The maximum Gasteiger partial charge on any atom is 0.244 e. The van der Waals surface area contributed by atoms with Crippen molar-refractivity contribution in [3.63, 3.8) is 0 Å². The van der Waals surface area contributed by atoms with Crippen LogP contribution in [0.25, 0.3) is 0 Å². The minimum atomic E-state index is -3.38. The molecule has 0 radical (unpaired) electrons. The number of hydrogen-bond donors (Lipinski definition) is 1. The molecule has 1 aromatic rings. The summed E-state index contributed by atoms with van der Waals surface area (Å²) in [5.41, 5.74) is 0.658. The number of para-hydroxylation sites is 1. The average Bonchev–Trinajstić information content (AvgIpc) is 3.03. The standard InChI is InChI=1S/C10H11ClN2O2S/c11-8-2-1-3-9-10(8)13(7-4-5-7)6-12-16(9,14)15/h1-3,7,12H,4-6H2. The third kappa shape index (κ3) is 1.50. The number of nitrogens with zero attached hydrogens (tertiary/aromatic N) is 1. The van der Waals surface area contributed by atoms with Crippen molar-refractivity contribution in [1.29, 1.82) is 0 Å². The molecule has 0 saturated heterocycles. The van der Waals surface area contributed by atoms with Crippen LogP contribution in [0, 0.1) is 0 Å². The Hall–Kier alpha value is -0.780. The lowest BCUT2D eigenvalue weighted by Gasteiger charge is -2.32. The summed E-state index contributed by atoms with van der Waals surface area (Å²) < 4.78 is 26.2. The molecule has 1 aliphatic carbocycles. The van der Waals surface area contributed by atoms with Crippen LogP contribution in [-0.2, 0) is 10.0 Å². The van der Waals surface area contributed by atoms with E-state index in [1.807, 2.05) is 4.90 Å². The summed E-state index contributed by atoms with van der Waals surface area (Å²) in [6.45, 7) is 0.323. The molecule has 3 rings (SSSR count). The normalized spacial score (nSPS) is 22.9. The molecule has 0 spiro atoms. The van der Waals surface area contributed by atoms with Crippen molar-refractivity contribution in [2.45, 2.75) is 23.8 Å². The maximum absolute atomic E-state index is 11.8. The second kappa shape index (κ2) is 3.35. The topological polar surface area (TPSA) is 49.4 Å². The van der Waals surface area contributed by atoms with E-state index in [1.54, 1.807) is 18.2 Å². The van der Waals surface area contributed by atoms with Crippen LogP contribution in [0.1, 0.15) is 12.8 Å². The van der Waals surface area contributed by atoms with Gasteiger partial charge >= 0.3 is 0 Å². The summed E-state index contributed by atoms with van der Waals surface area (Å²) in [4.78, 5) is 2.33. The molecule has 86 valence electrons. The van der Waals surface area contributed by atoms with Gasteiger partial charge < -0.3 is 4.90 Å². The predicted molar refractivity (Wildman–Crippen MR) is 62.1 cm³/mol. The highest BCUT2D eigenvalue weighted by Gasteiger charge is 2.37. The third-order valence-corrected chi connectivity index (χ3v) is 4.66. The highest BCUT2D eigenvalue weighted by atomic mass is 35.5. The predicted octanol–water partition coefficient (Wildman–Crippen LogP) is 1.56. The van der Waals surface area contributed by atoms with Gasteiger partial charge in [0.25, 0.3) is 0 Å². The third-order valence-electron chi connectivity index (χ3n) is 2.94. The number of nitrogens with one attached hydrogen (secondary N) is 1. The Morgan fingerprint density at radius 1 is 1.38 bits per heavy atom. The van der Waals surface area contributed by atoms with Gasteiger partial charge in [-0.05, 0) is 25.0 Å². The first kappa shape index (κ1) is 10.4. The quantitative estimate of drug-likeness (QED) is 0.832. The van der Waals surface area contributed by atoms with Crippen molar-refractivity contribution in [3.05, 3.63) is 23.2 Å². The average molecular weight is 259 g/mol. The van der Waals surface area contributed by atoms with Crippen LogP contribution in [-0.4, -0.2) is 21.1 Å². The van der Waals surface area contributed by atoms with Crippen LogP contribution in [0.5, 0.6) is 0 Å². The largest absolute Gasteiger partial charge is 0.352 e. The lowest BCUT2D eigenvalue weighted by Crippen LogP contribution is -2.44. The smallest absolute Gasteiger partial charge is 0.244 e. The molecule has 0 atom stereocenters. The summed E-state index contributed by atoms with van der Waals surface area (Å²) >= 11 is 6.10. The van der Waals surface area contributed by atoms with Crippen molar-refractivity contribution in [2.24, 2.45) is 0 Å². The van der Waals surface area contributed by atoms with Gasteiger partial charge in [0, 0.05) is 6.04 Å². The van der Waals surface area contributed by atoms with Crippen LogP contribution in [0.2, 0.25) is 5.02 Å². The minimum absolute atomic E-state index is 0.290. The van der Waals surface area contributed by atoms with E-state index in [9.17, 15) is 8.42 Å². The summed E-state index contributed by atoms with van der Waals surface area (Å²) in [5.74, 6) is 0. The summed E-state index contributed by atoms with van der Waals surface area (Å²) in [6, 6.07) is 5.42. The molecule has 1 fully saturated rings. The molecule has 0 unspecified atom stereocenters.